The fourth-order valence-corrected chi connectivity index (χ4v) is 3.78. The zero-order valence-electron chi connectivity index (χ0n) is 9.08. The van der Waals surface area contributed by atoms with E-state index in [1.807, 2.05) is 60.7 Å². The van der Waals surface area contributed by atoms with Gasteiger partial charge in [-0.05, 0) is 36.1 Å². The molecule has 0 saturated carbocycles. The number of para-hydroxylation sites is 2. The van der Waals surface area contributed by atoms with Crippen LogP contribution in [0.4, 0.5) is 11.4 Å². The van der Waals surface area contributed by atoms with Gasteiger partial charge in [0, 0.05) is 11.4 Å². The first kappa shape index (κ1) is 12.5. The van der Waals surface area contributed by atoms with Crippen LogP contribution in [-0.2, 0) is 11.8 Å². The molecule has 0 aliphatic carbocycles. The largest absolute Gasteiger partial charge is 0.334 e. The van der Waals surface area contributed by atoms with Gasteiger partial charge in [-0.1, -0.05) is 36.4 Å². The minimum absolute atomic E-state index is 0.981. The van der Waals surface area contributed by atoms with Gasteiger partial charge in [0.2, 0.25) is 0 Å². The van der Waals surface area contributed by atoms with Crippen LogP contribution >= 0.6 is 17.8 Å². The van der Waals surface area contributed by atoms with Crippen molar-refractivity contribution in [1.29, 1.82) is 0 Å². The lowest BCUT2D eigenvalue weighted by Crippen LogP contribution is -2.00. The molecule has 88 valence electrons. The average Bonchev–Trinajstić information content (AvgIpc) is 2.30. The molecule has 2 aromatic carbocycles. The first-order valence-corrected chi connectivity index (χ1v) is 9.11. The van der Waals surface area contributed by atoms with Crippen molar-refractivity contribution in [3.63, 3.8) is 0 Å². The Kier molecular flexibility index (Phi) is 4.11. The maximum atomic E-state index is 5.46. The second-order valence-electron chi connectivity index (χ2n) is 3.53. The molecule has 0 amide bonds. The van der Waals surface area contributed by atoms with E-state index in [1.54, 1.807) is 0 Å². The predicted molar refractivity (Wildman–Crippen MR) is 83.4 cm³/mol. The molecule has 2 rings (SSSR count). The topological polar surface area (TPSA) is 24.1 Å². The first-order chi connectivity index (χ1) is 8.16. The van der Waals surface area contributed by atoms with E-state index in [0.29, 0.717) is 0 Å². The van der Waals surface area contributed by atoms with E-state index in [-0.39, 0.29) is 0 Å². The molecule has 0 heterocycles. The van der Waals surface area contributed by atoms with Crippen molar-refractivity contribution in [2.75, 3.05) is 10.2 Å². The average molecular weight is 280 g/mol. The molecule has 0 spiro atoms. The summed E-state index contributed by atoms with van der Waals surface area (Å²) in [7, 11) is 0. The molecule has 0 fully saturated rings. The Bertz CT molecular complexity index is 471. The summed E-state index contributed by atoms with van der Waals surface area (Å²) in [5.41, 5.74) is -0.147. The third kappa shape index (κ3) is 4.08. The summed E-state index contributed by atoms with van der Waals surface area (Å²) < 4.78 is 0. The van der Waals surface area contributed by atoms with Crippen LogP contribution < -0.4 is 10.2 Å². The zero-order valence-corrected chi connectivity index (χ0v) is 11.7. The number of rotatable bonds is 4. The maximum absolute atomic E-state index is 5.46. The molecule has 0 aliphatic heterocycles. The monoisotopic (exact) mass is 280 g/mol. The molecule has 5 heteroatoms. The molecule has 2 N–H and O–H groups in total. The minimum atomic E-state index is -2.11. The Labute approximate surface area is 112 Å². The molecule has 0 bridgehead atoms. The highest BCUT2D eigenvalue weighted by atomic mass is 32.9. The Morgan fingerprint density at radius 1 is 0.765 bits per heavy atom. The number of hydrogen-bond acceptors (Lipinski definition) is 1. The second kappa shape index (κ2) is 5.58. The molecule has 0 radical (unpaired) electrons. The van der Waals surface area contributed by atoms with Crippen LogP contribution in [0.5, 0.6) is 0 Å². The Balaban J connectivity index is 2.07. The van der Waals surface area contributed by atoms with Crippen LogP contribution in [0.15, 0.2) is 60.7 Å². The van der Waals surface area contributed by atoms with E-state index in [1.165, 1.54) is 0 Å². The van der Waals surface area contributed by atoms with Crippen molar-refractivity contribution in [3.05, 3.63) is 60.7 Å². The van der Waals surface area contributed by atoms with Crippen LogP contribution in [0.2, 0.25) is 0 Å². The van der Waals surface area contributed by atoms with Gasteiger partial charge in [0.1, 0.15) is 0 Å². The molecule has 0 unspecified atom stereocenters. The van der Waals surface area contributed by atoms with E-state index >= 15 is 0 Å². The fraction of sp³-hybridized carbons (Fsp3) is 0. The lowest BCUT2D eigenvalue weighted by molar-refractivity contribution is 1.65. The molecule has 2 aromatic rings. The third-order valence-electron chi connectivity index (χ3n) is 2.11. The third-order valence-corrected chi connectivity index (χ3v) is 4.38. The second-order valence-corrected chi connectivity index (χ2v) is 9.39. The molecule has 0 aliphatic rings. The molecular weight excluding hydrogens is 267 g/mol. The Morgan fingerprint density at radius 2 is 1.12 bits per heavy atom. The van der Waals surface area contributed by atoms with Gasteiger partial charge >= 0.3 is 0 Å². The normalized spacial score (nSPS) is 10.9. The summed E-state index contributed by atoms with van der Waals surface area (Å²) in [5.74, 6) is 0. The van der Waals surface area contributed by atoms with Gasteiger partial charge in [0.05, 0.1) is 0 Å². The molecule has 0 atom stereocenters. The van der Waals surface area contributed by atoms with Gasteiger partial charge in [-0.2, -0.15) is 0 Å². The van der Waals surface area contributed by atoms with Crippen LogP contribution in [0, 0.1) is 0 Å². The number of hydrogen-bond donors (Lipinski definition) is 3. The van der Waals surface area contributed by atoms with Crippen LogP contribution in [0.3, 0.4) is 0 Å². The van der Waals surface area contributed by atoms with E-state index < -0.39 is 5.54 Å². The number of benzene rings is 2. The number of nitrogens with one attached hydrogen (secondary N) is 2. The van der Waals surface area contributed by atoms with Crippen molar-refractivity contribution in [3.8, 4) is 0 Å². The summed E-state index contributed by atoms with van der Waals surface area (Å²) in [6, 6.07) is 19.7. The Hall–Kier alpha value is -0.960. The summed E-state index contributed by atoms with van der Waals surface area (Å²) in [6.45, 7) is 0. The fourth-order valence-electron chi connectivity index (χ4n) is 1.40. The van der Waals surface area contributed by atoms with Gasteiger partial charge in [0.25, 0.3) is 0 Å². The van der Waals surface area contributed by atoms with Crippen LogP contribution in [0.25, 0.3) is 0 Å². The standard InChI is InChI=1S/C12H13N2PS2/c16-15(17,13-11-7-3-1-4-8-11)14-12-9-5-2-6-10-12/h1-10H,(H3,13,14,16,17). The lowest BCUT2D eigenvalue weighted by Gasteiger charge is -2.21. The smallest absolute Gasteiger partial charge is 0.171 e. The van der Waals surface area contributed by atoms with Crippen molar-refractivity contribution in [1.82, 2.24) is 0 Å². The van der Waals surface area contributed by atoms with Gasteiger partial charge in [0.15, 0.2) is 5.54 Å². The van der Waals surface area contributed by atoms with E-state index in [9.17, 15) is 0 Å². The Morgan fingerprint density at radius 3 is 1.47 bits per heavy atom. The number of anilines is 2. The summed E-state index contributed by atoms with van der Waals surface area (Å²) in [6.07, 6.45) is 0. The van der Waals surface area contributed by atoms with Crippen molar-refractivity contribution in [2.45, 2.75) is 0 Å². The minimum Gasteiger partial charge on any atom is -0.334 e. The zero-order chi connectivity index (χ0) is 12.1. The summed E-state index contributed by atoms with van der Waals surface area (Å²) in [5, 5.41) is 6.49. The maximum Gasteiger partial charge on any atom is 0.171 e. The van der Waals surface area contributed by atoms with Crippen LogP contribution in [0.1, 0.15) is 0 Å². The highest BCUT2D eigenvalue weighted by molar-refractivity contribution is 8.64. The SMILES string of the molecule is S=P(S)(Nc1ccccc1)Nc1ccccc1. The molecule has 2 nitrogen and oxygen atoms in total. The van der Waals surface area contributed by atoms with E-state index in [0.717, 1.165) is 11.4 Å². The first-order valence-electron chi connectivity index (χ1n) is 5.15. The molecule has 17 heavy (non-hydrogen) atoms. The molecule has 0 saturated heterocycles. The summed E-state index contributed by atoms with van der Waals surface area (Å²) in [4.78, 5) is 0. The van der Waals surface area contributed by atoms with Crippen molar-refractivity contribution < 1.29 is 0 Å². The highest BCUT2D eigenvalue weighted by Crippen LogP contribution is 2.49. The van der Waals surface area contributed by atoms with Gasteiger partial charge in [-0.3, -0.25) is 0 Å². The molecule has 0 aromatic heterocycles. The van der Waals surface area contributed by atoms with Gasteiger partial charge < -0.3 is 10.2 Å². The predicted octanol–water partition coefficient (Wildman–Crippen LogP) is 4.36. The van der Waals surface area contributed by atoms with Crippen molar-refractivity contribution >= 4 is 41.0 Å². The quantitative estimate of drug-likeness (QED) is 0.573. The van der Waals surface area contributed by atoms with Crippen LogP contribution in [-0.4, -0.2) is 0 Å². The highest BCUT2D eigenvalue weighted by Gasteiger charge is 2.10. The van der Waals surface area contributed by atoms with Gasteiger partial charge in [-0.25, -0.2) is 0 Å². The van der Waals surface area contributed by atoms with Gasteiger partial charge in [-0.15, -0.1) is 12.2 Å². The molecular formula is C12H13N2PS2. The van der Waals surface area contributed by atoms with Crippen molar-refractivity contribution in [2.24, 2.45) is 0 Å². The van der Waals surface area contributed by atoms with E-state index in [2.05, 4.69) is 22.4 Å². The lowest BCUT2D eigenvalue weighted by atomic mass is 10.3. The number of thiol groups is 1. The summed E-state index contributed by atoms with van der Waals surface area (Å²) >= 11 is 9.97. The van der Waals surface area contributed by atoms with E-state index in [4.69, 9.17) is 11.8 Å².